The van der Waals surface area contributed by atoms with E-state index in [0.29, 0.717) is 35.2 Å². The fraction of sp³-hybridized carbons (Fsp3) is 0.450. The molecule has 0 saturated heterocycles. The summed E-state index contributed by atoms with van der Waals surface area (Å²) in [5, 5.41) is 25.3. The third kappa shape index (κ3) is 4.87. The second kappa shape index (κ2) is 9.33. The Morgan fingerprint density at radius 1 is 1.32 bits per heavy atom. The molecule has 1 aromatic heterocycles. The molecule has 1 aliphatic carbocycles. The Labute approximate surface area is 163 Å². The zero-order chi connectivity index (χ0) is 19.9. The Hall–Kier alpha value is -2.92. The van der Waals surface area contributed by atoms with Gasteiger partial charge in [-0.25, -0.2) is 9.37 Å². The number of ether oxygens (including phenoxy) is 1. The average molecular weight is 385 g/mol. The number of aliphatic hydroxyl groups is 1. The van der Waals surface area contributed by atoms with E-state index >= 15 is 0 Å². The summed E-state index contributed by atoms with van der Waals surface area (Å²) in [7, 11) is 0. The van der Waals surface area contributed by atoms with Crippen LogP contribution in [0.5, 0.6) is 5.75 Å². The topological polar surface area (TPSA) is 103 Å². The molecule has 3 rings (SSSR count). The lowest BCUT2D eigenvalue weighted by molar-refractivity contribution is 0.126. The van der Waals surface area contributed by atoms with E-state index in [1.807, 2.05) is 6.92 Å². The molecule has 1 fully saturated rings. The molecule has 1 aromatic carbocycles. The molecule has 1 heterocycles. The summed E-state index contributed by atoms with van der Waals surface area (Å²) < 4.78 is 19.7. The number of halogens is 1. The van der Waals surface area contributed by atoms with Gasteiger partial charge in [0, 0.05) is 18.2 Å². The van der Waals surface area contributed by atoms with Crippen molar-refractivity contribution in [2.24, 2.45) is 0 Å². The summed E-state index contributed by atoms with van der Waals surface area (Å²) in [6.45, 7) is 2.44. The molecule has 1 aliphatic rings. The van der Waals surface area contributed by atoms with Crippen molar-refractivity contribution in [1.29, 1.82) is 5.26 Å². The highest BCUT2D eigenvalue weighted by atomic mass is 19.1. The highest BCUT2D eigenvalue weighted by Gasteiger charge is 2.21. The number of aliphatic hydroxyl groups excluding tert-OH is 1. The first kappa shape index (κ1) is 19.8. The molecule has 0 unspecified atom stereocenters. The average Bonchev–Trinajstić information content (AvgIpc) is 2.70. The van der Waals surface area contributed by atoms with E-state index in [1.54, 1.807) is 12.1 Å². The van der Waals surface area contributed by atoms with Crippen LogP contribution in [0.1, 0.15) is 43.7 Å². The van der Waals surface area contributed by atoms with Crippen LogP contribution in [0, 0.1) is 17.1 Å². The SMILES string of the molecule is CCOc1cccc(F)c1CNc1ncc(C#N)c(NC2CCC(O)CC2)n1. The molecule has 1 saturated carbocycles. The number of nitrogens with zero attached hydrogens (tertiary/aromatic N) is 3. The van der Waals surface area contributed by atoms with Crippen molar-refractivity contribution in [3.05, 3.63) is 41.3 Å². The fourth-order valence-corrected chi connectivity index (χ4v) is 3.24. The Morgan fingerprint density at radius 2 is 2.11 bits per heavy atom. The van der Waals surface area contributed by atoms with Gasteiger partial charge in [-0.3, -0.25) is 0 Å². The molecule has 0 bridgehead atoms. The van der Waals surface area contributed by atoms with Crippen LogP contribution < -0.4 is 15.4 Å². The molecule has 7 nitrogen and oxygen atoms in total. The summed E-state index contributed by atoms with van der Waals surface area (Å²) in [5.41, 5.74) is 0.741. The first-order valence-corrected chi connectivity index (χ1v) is 9.46. The second-order valence-electron chi connectivity index (χ2n) is 6.72. The highest BCUT2D eigenvalue weighted by Crippen LogP contribution is 2.25. The number of hydrogen-bond acceptors (Lipinski definition) is 7. The van der Waals surface area contributed by atoms with Gasteiger partial charge >= 0.3 is 0 Å². The lowest BCUT2D eigenvalue weighted by Gasteiger charge is -2.26. The van der Waals surface area contributed by atoms with Crippen molar-refractivity contribution in [2.75, 3.05) is 17.2 Å². The first-order chi connectivity index (χ1) is 13.6. The number of rotatable bonds is 7. The fourth-order valence-electron chi connectivity index (χ4n) is 3.24. The van der Waals surface area contributed by atoms with Gasteiger partial charge in [0.1, 0.15) is 29.0 Å². The number of hydrogen-bond donors (Lipinski definition) is 3. The lowest BCUT2D eigenvalue weighted by atomic mass is 9.93. The molecule has 0 amide bonds. The molecule has 3 N–H and O–H groups in total. The van der Waals surface area contributed by atoms with Gasteiger partial charge in [-0.2, -0.15) is 10.2 Å². The summed E-state index contributed by atoms with van der Waals surface area (Å²) >= 11 is 0. The lowest BCUT2D eigenvalue weighted by Crippen LogP contribution is -2.29. The molecule has 0 atom stereocenters. The number of anilines is 2. The smallest absolute Gasteiger partial charge is 0.224 e. The third-order valence-corrected chi connectivity index (χ3v) is 4.75. The minimum absolute atomic E-state index is 0.148. The maximum absolute atomic E-state index is 14.2. The maximum atomic E-state index is 14.2. The van der Waals surface area contributed by atoms with Gasteiger partial charge in [0.15, 0.2) is 0 Å². The van der Waals surface area contributed by atoms with Gasteiger partial charge in [-0.05, 0) is 44.7 Å². The van der Waals surface area contributed by atoms with E-state index in [2.05, 4.69) is 26.7 Å². The third-order valence-electron chi connectivity index (χ3n) is 4.75. The minimum Gasteiger partial charge on any atom is -0.493 e. The standard InChI is InChI=1S/C20H24FN5O2/c1-2-28-18-5-3-4-17(21)16(18)12-24-20-23-11-13(10-22)19(26-20)25-14-6-8-15(27)9-7-14/h3-5,11,14-15,27H,2,6-9,12H2,1H3,(H2,23,24,25,26). The van der Waals surface area contributed by atoms with E-state index in [1.165, 1.54) is 12.3 Å². The Bertz CT molecular complexity index is 847. The summed E-state index contributed by atoms with van der Waals surface area (Å²) in [5.74, 6) is 0.844. The molecule has 0 radical (unpaired) electrons. The first-order valence-electron chi connectivity index (χ1n) is 9.46. The minimum atomic E-state index is -0.369. The van der Waals surface area contributed by atoms with Gasteiger partial charge in [0.2, 0.25) is 5.95 Å². The largest absolute Gasteiger partial charge is 0.493 e. The molecule has 28 heavy (non-hydrogen) atoms. The van der Waals surface area contributed by atoms with Crippen molar-refractivity contribution in [2.45, 2.75) is 51.3 Å². The monoisotopic (exact) mass is 385 g/mol. The van der Waals surface area contributed by atoms with Crippen LogP contribution in [0.25, 0.3) is 0 Å². The van der Waals surface area contributed by atoms with Crippen LogP contribution in [0.3, 0.4) is 0 Å². The van der Waals surface area contributed by atoms with Crippen LogP contribution >= 0.6 is 0 Å². The van der Waals surface area contributed by atoms with Crippen molar-refractivity contribution in [1.82, 2.24) is 9.97 Å². The molecular formula is C20H24FN5O2. The normalized spacial score (nSPS) is 18.9. The van der Waals surface area contributed by atoms with Crippen LogP contribution in [-0.2, 0) is 6.54 Å². The van der Waals surface area contributed by atoms with Crippen LogP contribution in [-0.4, -0.2) is 33.8 Å². The van der Waals surface area contributed by atoms with E-state index in [0.717, 1.165) is 25.7 Å². The Kier molecular flexibility index (Phi) is 6.61. The van der Waals surface area contributed by atoms with Crippen molar-refractivity contribution in [3.63, 3.8) is 0 Å². The number of nitriles is 1. The van der Waals surface area contributed by atoms with Gasteiger partial charge in [0.25, 0.3) is 0 Å². The van der Waals surface area contributed by atoms with Crippen molar-refractivity contribution in [3.8, 4) is 11.8 Å². The van der Waals surface area contributed by atoms with Crippen LogP contribution in [0.15, 0.2) is 24.4 Å². The number of benzene rings is 1. The van der Waals surface area contributed by atoms with E-state index in [4.69, 9.17) is 4.74 Å². The Morgan fingerprint density at radius 3 is 2.82 bits per heavy atom. The summed E-state index contributed by atoms with van der Waals surface area (Å²) in [6, 6.07) is 6.93. The van der Waals surface area contributed by atoms with Crippen LogP contribution in [0.2, 0.25) is 0 Å². The molecule has 0 aliphatic heterocycles. The van der Waals surface area contributed by atoms with E-state index in [-0.39, 0.29) is 24.5 Å². The van der Waals surface area contributed by atoms with E-state index in [9.17, 15) is 14.8 Å². The van der Waals surface area contributed by atoms with Gasteiger partial charge in [0.05, 0.1) is 18.9 Å². The predicted molar refractivity (Wildman–Crippen MR) is 104 cm³/mol. The van der Waals surface area contributed by atoms with E-state index < -0.39 is 0 Å². The molecular weight excluding hydrogens is 361 g/mol. The molecule has 148 valence electrons. The Balaban J connectivity index is 1.72. The summed E-state index contributed by atoms with van der Waals surface area (Å²) in [4.78, 5) is 8.54. The molecule has 8 heteroatoms. The second-order valence-corrected chi connectivity index (χ2v) is 6.72. The molecule has 0 spiro atoms. The zero-order valence-corrected chi connectivity index (χ0v) is 15.8. The van der Waals surface area contributed by atoms with Gasteiger partial charge < -0.3 is 20.5 Å². The number of nitrogens with one attached hydrogen (secondary N) is 2. The quantitative estimate of drug-likeness (QED) is 0.672. The van der Waals surface area contributed by atoms with Crippen LogP contribution in [0.4, 0.5) is 16.2 Å². The van der Waals surface area contributed by atoms with Gasteiger partial charge in [-0.15, -0.1) is 0 Å². The van der Waals surface area contributed by atoms with Crippen molar-refractivity contribution < 1.29 is 14.2 Å². The summed E-state index contributed by atoms with van der Waals surface area (Å²) in [6.07, 6.45) is 4.26. The maximum Gasteiger partial charge on any atom is 0.224 e. The molecule has 2 aromatic rings. The predicted octanol–water partition coefficient (Wildman–Crippen LogP) is 3.21. The highest BCUT2D eigenvalue weighted by molar-refractivity contribution is 5.54. The van der Waals surface area contributed by atoms with Crippen molar-refractivity contribution >= 4 is 11.8 Å². The zero-order valence-electron chi connectivity index (χ0n) is 15.8. The van der Waals surface area contributed by atoms with Gasteiger partial charge in [-0.1, -0.05) is 6.07 Å². The number of aromatic nitrogens is 2.